The Bertz CT molecular complexity index is 1170. The van der Waals surface area contributed by atoms with Gasteiger partial charge in [-0.1, -0.05) is 36.4 Å². The summed E-state index contributed by atoms with van der Waals surface area (Å²) < 4.78 is 5.62. The van der Waals surface area contributed by atoms with E-state index in [0.717, 1.165) is 16.9 Å². The van der Waals surface area contributed by atoms with E-state index >= 15 is 0 Å². The number of carbonyl (C=O) groups excluding carboxylic acids is 4. The van der Waals surface area contributed by atoms with Crippen molar-refractivity contribution in [2.24, 2.45) is 0 Å². The highest BCUT2D eigenvalue weighted by atomic mass is 16.6. The number of benzene rings is 2. The fourth-order valence-electron chi connectivity index (χ4n) is 5.14. The van der Waals surface area contributed by atoms with E-state index in [9.17, 15) is 19.2 Å². The summed E-state index contributed by atoms with van der Waals surface area (Å²) in [5, 5.41) is 5.18. The number of nitrogens with one attached hydrogen (secondary N) is 2. The maximum absolute atomic E-state index is 13.4. The van der Waals surface area contributed by atoms with E-state index in [1.807, 2.05) is 18.2 Å². The second-order valence-electron chi connectivity index (χ2n) is 8.90. The molecule has 5 rings (SSSR count). The fourth-order valence-corrected chi connectivity index (χ4v) is 5.14. The number of aryl methyl sites for hydroxylation is 1. The lowest BCUT2D eigenvalue weighted by Crippen LogP contribution is -2.44. The predicted molar refractivity (Wildman–Crippen MR) is 123 cm³/mol. The van der Waals surface area contributed by atoms with Gasteiger partial charge in [-0.25, -0.2) is 14.5 Å². The predicted octanol–water partition coefficient (Wildman–Crippen LogP) is 2.57. The SMILES string of the molecule is CNC(=O)Nc1ccc2c(c1)CC[C@@]21OC(=O)N(CC(=O)N2CC[C@H](c3ccccc3)C2)C1=O. The number of ether oxygens (including phenoxy) is 1. The van der Waals surface area contributed by atoms with E-state index in [2.05, 4.69) is 22.8 Å². The van der Waals surface area contributed by atoms with Crippen LogP contribution in [0.2, 0.25) is 0 Å². The van der Waals surface area contributed by atoms with Gasteiger partial charge in [0.05, 0.1) is 0 Å². The molecule has 2 saturated heterocycles. The Morgan fingerprint density at radius 3 is 2.71 bits per heavy atom. The van der Waals surface area contributed by atoms with Gasteiger partial charge in [-0.15, -0.1) is 0 Å². The lowest BCUT2D eigenvalue weighted by atomic mass is 9.94. The zero-order valence-corrected chi connectivity index (χ0v) is 18.9. The van der Waals surface area contributed by atoms with Crippen LogP contribution in [-0.4, -0.2) is 60.4 Å². The van der Waals surface area contributed by atoms with Crippen LogP contribution in [0.25, 0.3) is 0 Å². The Kier molecular flexibility index (Phi) is 5.47. The number of hydrogen-bond donors (Lipinski definition) is 2. The molecule has 2 aliphatic heterocycles. The molecule has 0 radical (unpaired) electrons. The number of nitrogens with zero attached hydrogens (tertiary/aromatic N) is 2. The summed E-state index contributed by atoms with van der Waals surface area (Å²) in [6.07, 6.45) is 0.876. The van der Waals surface area contributed by atoms with Crippen LogP contribution in [0.4, 0.5) is 15.3 Å². The van der Waals surface area contributed by atoms with Crippen LogP contribution in [0.3, 0.4) is 0 Å². The van der Waals surface area contributed by atoms with Crippen molar-refractivity contribution in [1.29, 1.82) is 0 Å². The molecule has 9 nitrogen and oxygen atoms in total. The Morgan fingerprint density at radius 2 is 1.94 bits per heavy atom. The fraction of sp³-hybridized carbons (Fsp3) is 0.360. The number of hydrogen-bond acceptors (Lipinski definition) is 5. The van der Waals surface area contributed by atoms with Crippen LogP contribution in [0.1, 0.15) is 35.4 Å². The molecule has 2 N–H and O–H groups in total. The molecule has 1 spiro atoms. The van der Waals surface area contributed by atoms with Gasteiger partial charge in [0.15, 0.2) is 0 Å². The van der Waals surface area contributed by atoms with Gasteiger partial charge < -0.3 is 20.3 Å². The highest BCUT2D eigenvalue weighted by Crippen LogP contribution is 2.46. The normalized spacial score (nSPS) is 23.3. The number of anilines is 1. The quantitative estimate of drug-likeness (QED) is 0.726. The molecule has 0 bridgehead atoms. The average molecular weight is 463 g/mol. The van der Waals surface area contributed by atoms with Gasteiger partial charge in [-0.05, 0) is 36.1 Å². The summed E-state index contributed by atoms with van der Waals surface area (Å²) in [6.45, 7) is 0.826. The van der Waals surface area contributed by atoms with Crippen molar-refractivity contribution in [3.05, 3.63) is 65.2 Å². The minimum Gasteiger partial charge on any atom is -0.427 e. The summed E-state index contributed by atoms with van der Waals surface area (Å²) in [4.78, 5) is 53.3. The van der Waals surface area contributed by atoms with Gasteiger partial charge in [0.25, 0.3) is 5.91 Å². The summed E-state index contributed by atoms with van der Waals surface area (Å²) in [6, 6.07) is 14.8. The van der Waals surface area contributed by atoms with Crippen LogP contribution < -0.4 is 10.6 Å². The lowest BCUT2D eigenvalue weighted by Gasteiger charge is -2.22. The molecule has 5 amide bonds. The van der Waals surface area contributed by atoms with Gasteiger partial charge in [0.1, 0.15) is 6.54 Å². The third-order valence-electron chi connectivity index (χ3n) is 6.95. The second-order valence-corrected chi connectivity index (χ2v) is 8.90. The van der Waals surface area contributed by atoms with Crippen LogP contribution in [0, 0.1) is 0 Å². The number of likely N-dealkylation sites (tertiary alicyclic amines) is 1. The van der Waals surface area contributed by atoms with Crippen LogP contribution >= 0.6 is 0 Å². The monoisotopic (exact) mass is 462 g/mol. The van der Waals surface area contributed by atoms with Gasteiger partial charge >= 0.3 is 12.1 Å². The number of rotatable bonds is 4. The van der Waals surface area contributed by atoms with Gasteiger partial charge in [-0.2, -0.15) is 0 Å². The van der Waals surface area contributed by atoms with Crippen molar-refractivity contribution < 1.29 is 23.9 Å². The first-order valence-electron chi connectivity index (χ1n) is 11.4. The van der Waals surface area contributed by atoms with Crippen LogP contribution in [0.5, 0.6) is 0 Å². The number of imide groups is 1. The molecule has 176 valence electrons. The van der Waals surface area contributed by atoms with Crippen molar-refractivity contribution in [2.75, 3.05) is 32.0 Å². The van der Waals surface area contributed by atoms with E-state index in [1.165, 1.54) is 12.6 Å². The van der Waals surface area contributed by atoms with Gasteiger partial charge in [0, 0.05) is 43.7 Å². The molecule has 2 aromatic rings. The van der Waals surface area contributed by atoms with Crippen molar-refractivity contribution in [2.45, 2.75) is 30.8 Å². The largest absolute Gasteiger partial charge is 0.427 e. The van der Waals surface area contributed by atoms with E-state index in [0.29, 0.717) is 37.2 Å². The molecule has 2 atom stereocenters. The molecule has 2 aromatic carbocycles. The van der Waals surface area contributed by atoms with E-state index < -0.39 is 17.6 Å². The minimum atomic E-state index is -1.41. The molecule has 2 heterocycles. The van der Waals surface area contributed by atoms with Crippen molar-refractivity contribution in [3.63, 3.8) is 0 Å². The molecule has 0 saturated carbocycles. The molecule has 3 aliphatic rings. The first kappa shape index (κ1) is 21.9. The molecular formula is C25H26N4O5. The number of carbonyl (C=O) groups is 4. The molecule has 2 fully saturated rings. The summed E-state index contributed by atoms with van der Waals surface area (Å²) in [5.41, 5.74) is 1.79. The number of fused-ring (bicyclic) bond motifs is 2. The van der Waals surface area contributed by atoms with Crippen molar-refractivity contribution >= 4 is 29.6 Å². The molecule has 1 aliphatic carbocycles. The highest BCUT2D eigenvalue weighted by molar-refractivity contribution is 6.06. The standard InChI is InChI=1S/C25H26N4O5/c1-26-23(32)27-19-7-8-20-17(13-19)9-11-25(20)22(31)29(24(33)34-25)15-21(30)28-12-10-18(14-28)16-5-3-2-4-6-16/h2-8,13,18H,9-12,14-15H2,1H3,(H2,26,27,32)/t18-,25+/m0/s1. The first-order chi connectivity index (χ1) is 16.4. The van der Waals surface area contributed by atoms with E-state index in [1.54, 1.807) is 23.1 Å². The van der Waals surface area contributed by atoms with Crippen molar-refractivity contribution in [3.8, 4) is 0 Å². The van der Waals surface area contributed by atoms with Gasteiger partial charge in [0.2, 0.25) is 11.5 Å². The van der Waals surface area contributed by atoms with Crippen LogP contribution in [-0.2, 0) is 26.3 Å². The third kappa shape index (κ3) is 3.67. The smallest absolute Gasteiger partial charge is 0.418 e. The summed E-state index contributed by atoms with van der Waals surface area (Å²) in [7, 11) is 1.52. The second kappa shape index (κ2) is 8.48. The van der Waals surface area contributed by atoms with Crippen LogP contribution in [0.15, 0.2) is 48.5 Å². The Morgan fingerprint density at radius 1 is 1.15 bits per heavy atom. The number of amides is 5. The molecular weight excluding hydrogens is 436 g/mol. The Balaban J connectivity index is 1.28. The molecule has 34 heavy (non-hydrogen) atoms. The number of urea groups is 1. The zero-order chi connectivity index (χ0) is 23.9. The molecule has 0 unspecified atom stereocenters. The minimum absolute atomic E-state index is 0.247. The maximum Gasteiger partial charge on any atom is 0.418 e. The summed E-state index contributed by atoms with van der Waals surface area (Å²) in [5.74, 6) is -0.517. The molecule has 0 aromatic heterocycles. The average Bonchev–Trinajstić information content (AvgIpc) is 3.54. The zero-order valence-electron chi connectivity index (χ0n) is 18.9. The lowest BCUT2D eigenvalue weighted by molar-refractivity contribution is -0.141. The molecule has 9 heteroatoms. The topological polar surface area (TPSA) is 108 Å². The third-order valence-corrected chi connectivity index (χ3v) is 6.95. The van der Waals surface area contributed by atoms with Crippen molar-refractivity contribution in [1.82, 2.24) is 15.1 Å². The van der Waals surface area contributed by atoms with E-state index in [-0.39, 0.29) is 24.4 Å². The maximum atomic E-state index is 13.4. The summed E-state index contributed by atoms with van der Waals surface area (Å²) >= 11 is 0. The highest BCUT2D eigenvalue weighted by Gasteiger charge is 2.58. The Hall–Kier alpha value is -3.88. The van der Waals surface area contributed by atoms with E-state index in [4.69, 9.17) is 4.74 Å². The van der Waals surface area contributed by atoms with Gasteiger partial charge in [-0.3, -0.25) is 9.59 Å². The first-order valence-corrected chi connectivity index (χ1v) is 11.4. The Labute approximate surface area is 197 Å².